The molecular formula is C15H24N6O2. The summed E-state index contributed by atoms with van der Waals surface area (Å²) < 4.78 is 0. The maximum absolute atomic E-state index is 12.1. The first-order valence-electron chi connectivity index (χ1n) is 7.34. The number of rotatable bonds is 9. The standard InChI is InChI=1S/C15H24N6O2/c16-11(9-10-5-2-1-3-6-10)14(23)21-12(13(17)22)7-4-8-20-15(18)19/h1-3,5-6,11-12H,4,7-9,16H2,(H2,17,22)(H,21,23)(H4,18,19,20)/t11-,12-/m0/s1. The summed E-state index contributed by atoms with van der Waals surface area (Å²) in [5.41, 5.74) is 22.5. The second kappa shape index (κ2) is 9.42. The first-order valence-corrected chi connectivity index (χ1v) is 7.34. The predicted molar refractivity (Wildman–Crippen MR) is 89.2 cm³/mol. The molecule has 0 aliphatic heterocycles. The lowest BCUT2D eigenvalue weighted by Gasteiger charge is -2.18. The summed E-state index contributed by atoms with van der Waals surface area (Å²) in [5.74, 6) is -1.05. The molecule has 0 radical (unpaired) electrons. The molecule has 1 aromatic rings. The molecule has 0 unspecified atom stereocenters. The second-order valence-electron chi connectivity index (χ2n) is 5.21. The van der Waals surface area contributed by atoms with Gasteiger partial charge >= 0.3 is 0 Å². The molecule has 1 rings (SSSR count). The largest absolute Gasteiger partial charge is 0.370 e. The Morgan fingerprint density at radius 1 is 1.13 bits per heavy atom. The Labute approximate surface area is 135 Å². The van der Waals surface area contributed by atoms with Crippen LogP contribution in [-0.2, 0) is 16.0 Å². The van der Waals surface area contributed by atoms with Gasteiger partial charge in [0.15, 0.2) is 5.96 Å². The van der Waals surface area contributed by atoms with Crippen LogP contribution >= 0.6 is 0 Å². The third kappa shape index (κ3) is 7.28. The lowest BCUT2D eigenvalue weighted by Crippen LogP contribution is -2.51. The molecule has 0 aromatic heterocycles. The Kier molecular flexibility index (Phi) is 7.55. The molecule has 8 heteroatoms. The Balaban J connectivity index is 2.49. The molecule has 126 valence electrons. The smallest absolute Gasteiger partial charge is 0.240 e. The number of hydrogen-bond acceptors (Lipinski definition) is 4. The molecular weight excluding hydrogens is 296 g/mol. The van der Waals surface area contributed by atoms with Crippen LogP contribution in [0, 0.1) is 0 Å². The van der Waals surface area contributed by atoms with E-state index < -0.39 is 23.9 Å². The summed E-state index contributed by atoms with van der Waals surface area (Å²) in [7, 11) is 0. The first-order chi connectivity index (χ1) is 10.9. The second-order valence-corrected chi connectivity index (χ2v) is 5.21. The monoisotopic (exact) mass is 320 g/mol. The maximum atomic E-state index is 12.1. The van der Waals surface area contributed by atoms with E-state index in [9.17, 15) is 9.59 Å². The van der Waals surface area contributed by atoms with Gasteiger partial charge < -0.3 is 28.3 Å². The molecule has 0 fully saturated rings. The zero-order valence-electron chi connectivity index (χ0n) is 12.9. The van der Waals surface area contributed by atoms with Gasteiger partial charge in [0, 0.05) is 6.54 Å². The van der Waals surface area contributed by atoms with Crippen molar-refractivity contribution in [3.8, 4) is 0 Å². The number of primary amides is 1. The maximum Gasteiger partial charge on any atom is 0.240 e. The van der Waals surface area contributed by atoms with Gasteiger partial charge in [-0.15, -0.1) is 0 Å². The zero-order chi connectivity index (χ0) is 17.2. The van der Waals surface area contributed by atoms with Crippen LogP contribution in [0.25, 0.3) is 0 Å². The van der Waals surface area contributed by atoms with Crippen molar-refractivity contribution < 1.29 is 9.59 Å². The Morgan fingerprint density at radius 3 is 2.35 bits per heavy atom. The number of carbonyl (C=O) groups excluding carboxylic acids is 2. The summed E-state index contributed by atoms with van der Waals surface area (Å²) in [6, 6.07) is 7.85. The van der Waals surface area contributed by atoms with E-state index in [1.807, 2.05) is 30.3 Å². The van der Waals surface area contributed by atoms with E-state index in [4.69, 9.17) is 22.9 Å². The molecule has 2 atom stereocenters. The van der Waals surface area contributed by atoms with E-state index in [1.165, 1.54) is 0 Å². The van der Waals surface area contributed by atoms with Crippen molar-refractivity contribution >= 4 is 17.8 Å². The highest BCUT2D eigenvalue weighted by molar-refractivity contribution is 5.89. The fourth-order valence-electron chi connectivity index (χ4n) is 2.03. The number of benzene rings is 1. The van der Waals surface area contributed by atoms with Gasteiger partial charge in [-0.2, -0.15) is 0 Å². The summed E-state index contributed by atoms with van der Waals surface area (Å²) in [6.07, 6.45) is 1.24. The zero-order valence-corrected chi connectivity index (χ0v) is 12.9. The molecule has 9 N–H and O–H groups in total. The number of nitrogens with zero attached hydrogens (tertiary/aromatic N) is 1. The molecule has 0 aliphatic rings. The van der Waals surface area contributed by atoms with Gasteiger partial charge in [-0.3, -0.25) is 14.6 Å². The van der Waals surface area contributed by atoms with Crippen LogP contribution in [0.15, 0.2) is 35.3 Å². The topological polar surface area (TPSA) is 163 Å². The third-order valence-corrected chi connectivity index (χ3v) is 3.24. The molecule has 0 aliphatic carbocycles. The molecule has 2 amide bonds. The van der Waals surface area contributed by atoms with Crippen molar-refractivity contribution in [3.05, 3.63) is 35.9 Å². The van der Waals surface area contributed by atoms with E-state index in [0.717, 1.165) is 5.56 Å². The van der Waals surface area contributed by atoms with Crippen molar-refractivity contribution in [2.24, 2.45) is 27.9 Å². The van der Waals surface area contributed by atoms with Crippen molar-refractivity contribution in [2.75, 3.05) is 6.54 Å². The fraction of sp³-hybridized carbons (Fsp3) is 0.400. The van der Waals surface area contributed by atoms with E-state index in [1.54, 1.807) is 0 Å². The lowest BCUT2D eigenvalue weighted by molar-refractivity contribution is -0.128. The Bertz CT molecular complexity index is 542. The van der Waals surface area contributed by atoms with Crippen LogP contribution in [-0.4, -0.2) is 36.4 Å². The van der Waals surface area contributed by atoms with Crippen LogP contribution in [0.2, 0.25) is 0 Å². The van der Waals surface area contributed by atoms with E-state index in [2.05, 4.69) is 10.3 Å². The molecule has 23 heavy (non-hydrogen) atoms. The highest BCUT2D eigenvalue weighted by Gasteiger charge is 2.21. The minimum Gasteiger partial charge on any atom is -0.370 e. The third-order valence-electron chi connectivity index (χ3n) is 3.24. The summed E-state index contributed by atoms with van der Waals surface area (Å²) in [4.78, 5) is 27.3. The van der Waals surface area contributed by atoms with Gasteiger partial charge in [-0.25, -0.2) is 0 Å². The van der Waals surface area contributed by atoms with Crippen LogP contribution in [0.5, 0.6) is 0 Å². The van der Waals surface area contributed by atoms with Gasteiger partial charge in [0.1, 0.15) is 6.04 Å². The SMILES string of the molecule is NC(=O)[C@H](CCCN=C(N)N)NC(=O)[C@@H](N)Cc1ccccc1. The van der Waals surface area contributed by atoms with Gasteiger partial charge in [0.2, 0.25) is 11.8 Å². The van der Waals surface area contributed by atoms with Gasteiger partial charge in [0.05, 0.1) is 6.04 Å². The van der Waals surface area contributed by atoms with E-state index in [-0.39, 0.29) is 5.96 Å². The minimum atomic E-state index is -0.793. The van der Waals surface area contributed by atoms with E-state index in [0.29, 0.717) is 25.8 Å². The normalized spacial score (nSPS) is 12.9. The highest BCUT2D eigenvalue weighted by Crippen LogP contribution is 2.03. The molecule has 0 heterocycles. The molecule has 1 aromatic carbocycles. The van der Waals surface area contributed by atoms with Crippen LogP contribution in [0.4, 0.5) is 0 Å². The molecule has 0 bridgehead atoms. The highest BCUT2D eigenvalue weighted by atomic mass is 16.2. The summed E-state index contributed by atoms with van der Waals surface area (Å²) in [6.45, 7) is 0.359. The van der Waals surface area contributed by atoms with Crippen LogP contribution < -0.4 is 28.3 Å². The van der Waals surface area contributed by atoms with Gasteiger partial charge in [-0.1, -0.05) is 30.3 Å². The fourth-order valence-corrected chi connectivity index (χ4v) is 2.03. The predicted octanol–water partition coefficient (Wildman–Crippen LogP) is -1.42. The van der Waals surface area contributed by atoms with Gasteiger partial charge in [-0.05, 0) is 24.8 Å². The van der Waals surface area contributed by atoms with Gasteiger partial charge in [0.25, 0.3) is 0 Å². The van der Waals surface area contributed by atoms with Crippen molar-refractivity contribution in [1.29, 1.82) is 0 Å². The van der Waals surface area contributed by atoms with Crippen molar-refractivity contribution in [2.45, 2.75) is 31.3 Å². The summed E-state index contributed by atoms with van der Waals surface area (Å²) >= 11 is 0. The Morgan fingerprint density at radius 2 is 1.78 bits per heavy atom. The molecule has 0 saturated heterocycles. The number of hydrogen-bond donors (Lipinski definition) is 5. The number of nitrogens with two attached hydrogens (primary N) is 4. The average molecular weight is 320 g/mol. The lowest BCUT2D eigenvalue weighted by atomic mass is 10.0. The number of carbonyl (C=O) groups is 2. The Hall–Kier alpha value is -2.61. The summed E-state index contributed by atoms with van der Waals surface area (Å²) in [5, 5.41) is 2.58. The number of nitrogens with one attached hydrogen (secondary N) is 1. The number of guanidine groups is 1. The van der Waals surface area contributed by atoms with Crippen LogP contribution in [0.1, 0.15) is 18.4 Å². The van der Waals surface area contributed by atoms with E-state index >= 15 is 0 Å². The first kappa shape index (κ1) is 18.4. The number of aliphatic imine (C=N–C) groups is 1. The van der Waals surface area contributed by atoms with Crippen molar-refractivity contribution in [3.63, 3.8) is 0 Å². The van der Waals surface area contributed by atoms with Crippen LogP contribution in [0.3, 0.4) is 0 Å². The minimum absolute atomic E-state index is 0.0189. The van der Waals surface area contributed by atoms with Crippen molar-refractivity contribution in [1.82, 2.24) is 5.32 Å². The molecule has 8 nitrogen and oxygen atoms in total. The number of amides is 2. The average Bonchev–Trinajstić information content (AvgIpc) is 2.50. The molecule has 0 spiro atoms. The quantitative estimate of drug-likeness (QED) is 0.214. The molecule has 0 saturated carbocycles.